The van der Waals surface area contributed by atoms with Crippen LogP contribution < -0.4 is 0 Å². The highest BCUT2D eigenvalue weighted by Crippen LogP contribution is 2.37. The Morgan fingerprint density at radius 3 is 1.57 bits per heavy atom. The number of aryl methyl sites for hydroxylation is 1. The van der Waals surface area contributed by atoms with Gasteiger partial charge in [-0.25, -0.2) is 0 Å². The lowest BCUT2D eigenvalue weighted by Gasteiger charge is -2.12. The van der Waals surface area contributed by atoms with Crippen molar-refractivity contribution in [2.24, 2.45) is 0 Å². The van der Waals surface area contributed by atoms with Crippen LogP contribution in [0.5, 0.6) is 0 Å². The van der Waals surface area contributed by atoms with Crippen LogP contribution in [0.1, 0.15) is 58.4 Å². The molecule has 35 heavy (non-hydrogen) atoms. The molecule has 6 aromatic rings. The zero-order valence-electron chi connectivity index (χ0n) is 21.4. The van der Waals surface area contributed by atoms with Crippen molar-refractivity contribution >= 4 is 53.9 Å². The highest BCUT2D eigenvalue weighted by atomic mass is 14.1. The van der Waals surface area contributed by atoms with E-state index >= 15 is 0 Å². The molecule has 0 amide bonds. The Balaban J connectivity index is 0.00000124. The fourth-order valence-electron chi connectivity index (χ4n) is 5.60. The van der Waals surface area contributed by atoms with Crippen LogP contribution in [0.15, 0.2) is 91.0 Å². The van der Waals surface area contributed by atoms with Gasteiger partial charge in [-0.05, 0) is 72.3 Å². The number of rotatable bonds is 6. The van der Waals surface area contributed by atoms with Crippen LogP contribution in [0.4, 0.5) is 0 Å². The lowest BCUT2D eigenvalue weighted by atomic mass is 9.92. The summed E-state index contributed by atoms with van der Waals surface area (Å²) >= 11 is 0. The molecule has 0 unspecified atom stereocenters. The zero-order chi connectivity index (χ0) is 24.2. The second-order valence-electron chi connectivity index (χ2n) is 9.49. The second-order valence-corrected chi connectivity index (χ2v) is 9.49. The fraction of sp³-hybridized carbons (Fsp3) is 0.257. The first-order valence-corrected chi connectivity index (χ1v) is 13.5. The van der Waals surface area contributed by atoms with Gasteiger partial charge in [-0.15, -0.1) is 0 Å². The van der Waals surface area contributed by atoms with Crippen molar-refractivity contribution in [3.63, 3.8) is 0 Å². The van der Waals surface area contributed by atoms with Gasteiger partial charge < -0.3 is 0 Å². The minimum Gasteiger partial charge on any atom is -0.0683 e. The van der Waals surface area contributed by atoms with Gasteiger partial charge in [0.25, 0.3) is 0 Å². The Hall–Kier alpha value is -3.38. The van der Waals surface area contributed by atoms with Crippen LogP contribution in [-0.4, -0.2) is 0 Å². The van der Waals surface area contributed by atoms with Crippen LogP contribution in [-0.2, 0) is 6.42 Å². The molecule has 0 aliphatic rings. The van der Waals surface area contributed by atoms with Crippen LogP contribution in [0.25, 0.3) is 53.9 Å². The van der Waals surface area contributed by atoms with E-state index in [0.29, 0.717) is 0 Å². The van der Waals surface area contributed by atoms with Gasteiger partial charge in [0, 0.05) is 0 Å². The van der Waals surface area contributed by atoms with Crippen molar-refractivity contribution in [1.29, 1.82) is 0 Å². The Labute approximate surface area is 209 Å². The van der Waals surface area contributed by atoms with Gasteiger partial charge in [0.2, 0.25) is 0 Å². The number of fused-ring (bicyclic) bond motifs is 9. The minimum absolute atomic E-state index is 1.19. The SMILES string of the molecule is CC.CCCCCCCc1ccc2c(ccc3c2ccc2c4ccc5ccccc5c4ccc32)c1. The molecule has 0 heterocycles. The lowest BCUT2D eigenvalue weighted by molar-refractivity contribution is 0.632. The minimum atomic E-state index is 1.19. The Morgan fingerprint density at radius 2 is 0.914 bits per heavy atom. The molecule has 0 saturated carbocycles. The van der Waals surface area contributed by atoms with Gasteiger partial charge in [-0.1, -0.05) is 137 Å². The van der Waals surface area contributed by atoms with Gasteiger partial charge >= 0.3 is 0 Å². The first-order valence-electron chi connectivity index (χ1n) is 13.5. The predicted octanol–water partition coefficient (Wildman–Crippen LogP) is 11.0. The van der Waals surface area contributed by atoms with Crippen LogP contribution in [0.2, 0.25) is 0 Å². The molecule has 0 radical (unpaired) electrons. The number of hydrogen-bond acceptors (Lipinski definition) is 0. The van der Waals surface area contributed by atoms with Crippen LogP contribution >= 0.6 is 0 Å². The molecule has 6 aromatic carbocycles. The maximum absolute atomic E-state index is 2.41. The summed E-state index contributed by atoms with van der Waals surface area (Å²) in [6, 6.07) is 34.3. The molecular formula is C35H36. The number of benzene rings is 6. The van der Waals surface area contributed by atoms with Gasteiger partial charge in [-0.2, -0.15) is 0 Å². The lowest BCUT2D eigenvalue weighted by Crippen LogP contribution is -1.88. The predicted molar refractivity (Wildman–Crippen MR) is 158 cm³/mol. The highest BCUT2D eigenvalue weighted by Gasteiger charge is 2.09. The van der Waals surface area contributed by atoms with Crippen LogP contribution in [0, 0.1) is 0 Å². The molecule has 176 valence electrons. The summed E-state index contributed by atoms with van der Waals surface area (Å²) in [5, 5.41) is 13.4. The monoisotopic (exact) mass is 456 g/mol. The molecular weight excluding hydrogens is 420 g/mol. The molecule has 0 bridgehead atoms. The molecule has 0 aliphatic heterocycles. The molecule has 0 atom stereocenters. The molecule has 0 fully saturated rings. The Kier molecular flexibility index (Phi) is 7.00. The van der Waals surface area contributed by atoms with Gasteiger partial charge in [0.15, 0.2) is 0 Å². The normalized spacial score (nSPS) is 11.4. The van der Waals surface area contributed by atoms with Gasteiger partial charge in [0.1, 0.15) is 0 Å². The van der Waals surface area contributed by atoms with Crippen molar-refractivity contribution in [3.05, 3.63) is 96.6 Å². The first-order chi connectivity index (χ1) is 17.3. The van der Waals surface area contributed by atoms with E-state index in [1.165, 1.54) is 98.0 Å². The Bertz CT molecular complexity index is 1620. The smallest absolute Gasteiger partial charge is 0.00987 e. The van der Waals surface area contributed by atoms with Crippen molar-refractivity contribution in [2.75, 3.05) is 0 Å². The molecule has 0 N–H and O–H groups in total. The van der Waals surface area contributed by atoms with E-state index in [1.54, 1.807) is 0 Å². The van der Waals surface area contributed by atoms with E-state index in [4.69, 9.17) is 0 Å². The average Bonchev–Trinajstić information content (AvgIpc) is 2.93. The molecule has 6 rings (SSSR count). The summed E-state index contributed by atoms with van der Waals surface area (Å²) < 4.78 is 0. The number of hydrogen-bond donors (Lipinski definition) is 0. The van der Waals surface area contributed by atoms with Crippen molar-refractivity contribution in [3.8, 4) is 0 Å². The summed E-state index contributed by atoms with van der Waals surface area (Å²) in [5.41, 5.74) is 1.47. The molecule has 0 aliphatic carbocycles. The third-order valence-electron chi connectivity index (χ3n) is 7.37. The Morgan fingerprint density at radius 1 is 0.429 bits per heavy atom. The van der Waals surface area contributed by atoms with Gasteiger partial charge in [-0.3, -0.25) is 0 Å². The summed E-state index contributed by atoms with van der Waals surface area (Å²) in [6.45, 7) is 6.28. The maximum atomic E-state index is 2.41. The van der Waals surface area contributed by atoms with Gasteiger partial charge in [0.05, 0.1) is 0 Å². The van der Waals surface area contributed by atoms with E-state index in [2.05, 4.69) is 97.9 Å². The summed E-state index contributed by atoms with van der Waals surface area (Å²) in [4.78, 5) is 0. The molecule has 0 nitrogen and oxygen atoms in total. The van der Waals surface area contributed by atoms with Crippen molar-refractivity contribution < 1.29 is 0 Å². The molecule has 0 heteroatoms. The standard InChI is InChI=1S/C33H30.C2H6/c1-2-3-4-5-6-9-23-12-15-27-25(22-23)14-17-31-29(27)19-21-32-30-16-13-24-10-7-8-11-26(24)28(30)18-20-33(31)32;1-2/h7-8,10-22H,2-6,9H2,1H3;1-2H3. The molecule has 0 saturated heterocycles. The zero-order valence-corrected chi connectivity index (χ0v) is 21.4. The molecule has 0 aromatic heterocycles. The first kappa shape index (κ1) is 23.4. The van der Waals surface area contributed by atoms with Crippen LogP contribution in [0.3, 0.4) is 0 Å². The van der Waals surface area contributed by atoms with Crippen molar-refractivity contribution in [1.82, 2.24) is 0 Å². The summed E-state index contributed by atoms with van der Waals surface area (Å²) in [7, 11) is 0. The quantitative estimate of drug-likeness (QED) is 0.173. The van der Waals surface area contributed by atoms with E-state index in [-0.39, 0.29) is 0 Å². The summed E-state index contributed by atoms with van der Waals surface area (Å²) in [5.74, 6) is 0. The fourth-order valence-corrected chi connectivity index (χ4v) is 5.60. The third kappa shape index (κ3) is 4.39. The van der Waals surface area contributed by atoms with E-state index in [1.807, 2.05) is 13.8 Å². The maximum Gasteiger partial charge on any atom is -0.00987 e. The van der Waals surface area contributed by atoms with Crippen molar-refractivity contribution in [2.45, 2.75) is 59.3 Å². The third-order valence-corrected chi connectivity index (χ3v) is 7.37. The summed E-state index contributed by atoms with van der Waals surface area (Å²) in [6.07, 6.45) is 7.87. The van der Waals surface area contributed by atoms with E-state index in [9.17, 15) is 0 Å². The number of unbranched alkanes of at least 4 members (excludes halogenated alkanes) is 4. The average molecular weight is 457 g/mol. The largest absolute Gasteiger partial charge is 0.0683 e. The topological polar surface area (TPSA) is 0 Å². The second kappa shape index (κ2) is 10.5. The van der Waals surface area contributed by atoms with E-state index in [0.717, 1.165) is 0 Å². The van der Waals surface area contributed by atoms with E-state index < -0.39 is 0 Å². The highest BCUT2D eigenvalue weighted by molar-refractivity contribution is 6.24. The molecule has 0 spiro atoms.